The van der Waals surface area contributed by atoms with Crippen LogP contribution in [0.4, 0.5) is 0 Å². The number of carboxylic acid groups (broad SMARTS) is 1. The third-order valence-electron chi connectivity index (χ3n) is 1.34. The van der Waals surface area contributed by atoms with Gasteiger partial charge in [-0.1, -0.05) is 6.92 Å². The van der Waals surface area contributed by atoms with Gasteiger partial charge in [0.2, 0.25) is 0 Å². The van der Waals surface area contributed by atoms with E-state index < -0.39 is 5.97 Å². The smallest absolute Gasteiger partial charge is 0.355 e. The van der Waals surface area contributed by atoms with Crippen LogP contribution in [-0.2, 0) is 11.3 Å². The molecule has 0 spiro atoms. The van der Waals surface area contributed by atoms with Crippen LogP contribution in [0.15, 0.2) is 5.38 Å². The van der Waals surface area contributed by atoms with Gasteiger partial charge in [0.15, 0.2) is 5.69 Å². The molecule has 0 amide bonds. The molecule has 13 heavy (non-hydrogen) atoms. The number of hydrogen-bond donors (Lipinski definition) is 1. The molecule has 72 valence electrons. The zero-order chi connectivity index (χ0) is 9.68. The minimum atomic E-state index is -0.988. The van der Waals surface area contributed by atoms with Gasteiger partial charge in [-0.2, -0.15) is 0 Å². The maximum atomic E-state index is 10.4. The molecule has 1 aromatic rings. The number of aromatic carboxylic acids is 1. The highest BCUT2D eigenvalue weighted by Gasteiger charge is 2.07. The molecule has 0 atom stereocenters. The Bertz CT molecular complexity index is 285. The monoisotopic (exact) mass is 201 g/mol. The van der Waals surface area contributed by atoms with E-state index in [4.69, 9.17) is 9.84 Å². The molecule has 1 rings (SSSR count). The molecule has 0 unspecified atom stereocenters. The fraction of sp³-hybridized carbons (Fsp3) is 0.500. The summed E-state index contributed by atoms with van der Waals surface area (Å²) in [5.41, 5.74) is 0.0973. The summed E-state index contributed by atoms with van der Waals surface area (Å²) in [5.74, 6) is -0.988. The zero-order valence-electron chi connectivity index (χ0n) is 7.32. The number of carbonyl (C=O) groups is 1. The molecule has 0 aliphatic carbocycles. The molecule has 0 saturated heterocycles. The summed E-state index contributed by atoms with van der Waals surface area (Å²) in [6, 6.07) is 0. The number of ether oxygens (including phenoxy) is 1. The van der Waals surface area contributed by atoms with Gasteiger partial charge in [-0.15, -0.1) is 11.3 Å². The Balaban J connectivity index is 2.44. The lowest BCUT2D eigenvalue weighted by Crippen LogP contribution is -1.98. The number of hydrogen-bond acceptors (Lipinski definition) is 4. The molecule has 0 aliphatic rings. The van der Waals surface area contributed by atoms with Gasteiger partial charge < -0.3 is 9.84 Å². The van der Waals surface area contributed by atoms with E-state index in [1.165, 1.54) is 16.7 Å². The lowest BCUT2D eigenvalue weighted by atomic mass is 10.5. The molecule has 4 nitrogen and oxygen atoms in total. The Morgan fingerprint density at radius 2 is 2.54 bits per heavy atom. The van der Waals surface area contributed by atoms with Gasteiger partial charge in [0, 0.05) is 12.0 Å². The van der Waals surface area contributed by atoms with E-state index in [1.54, 1.807) is 0 Å². The van der Waals surface area contributed by atoms with E-state index >= 15 is 0 Å². The van der Waals surface area contributed by atoms with Crippen molar-refractivity contribution >= 4 is 17.3 Å². The first kappa shape index (κ1) is 10.1. The Kier molecular flexibility index (Phi) is 3.85. The summed E-state index contributed by atoms with van der Waals surface area (Å²) in [6.45, 7) is 3.11. The lowest BCUT2D eigenvalue weighted by molar-refractivity contribution is 0.0690. The molecule has 1 N–H and O–H groups in total. The molecule has 0 bridgehead atoms. The van der Waals surface area contributed by atoms with Crippen LogP contribution in [0.25, 0.3) is 0 Å². The second kappa shape index (κ2) is 4.94. The molecule has 0 aliphatic heterocycles. The topological polar surface area (TPSA) is 59.4 Å². The van der Waals surface area contributed by atoms with Crippen LogP contribution in [0.3, 0.4) is 0 Å². The average Bonchev–Trinajstić information content (AvgIpc) is 2.53. The van der Waals surface area contributed by atoms with Crippen molar-refractivity contribution in [3.63, 3.8) is 0 Å². The van der Waals surface area contributed by atoms with E-state index in [9.17, 15) is 4.79 Å². The van der Waals surface area contributed by atoms with Gasteiger partial charge in [0.25, 0.3) is 0 Å². The molecule has 0 saturated carbocycles. The fourth-order valence-corrected chi connectivity index (χ4v) is 1.48. The zero-order valence-corrected chi connectivity index (χ0v) is 8.13. The maximum Gasteiger partial charge on any atom is 0.355 e. The average molecular weight is 201 g/mol. The molecule has 5 heteroatoms. The largest absolute Gasteiger partial charge is 0.476 e. The Morgan fingerprint density at radius 1 is 1.77 bits per heavy atom. The van der Waals surface area contributed by atoms with Crippen molar-refractivity contribution in [2.24, 2.45) is 0 Å². The number of rotatable bonds is 5. The van der Waals surface area contributed by atoms with Crippen LogP contribution in [0.5, 0.6) is 0 Å². The van der Waals surface area contributed by atoms with Gasteiger partial charge in [0.1, 0.15) is 5.01 Å². The molecular formula is C8H11NO3S. The molecule has 1 aromatic heterocycles. The van der Waals surface area contributed by atoms with Crippen molar-refractivity contribution in [2.75, 3.05) is 6.61 Å². The van der Waals surface area contributed by atoms with E-state index in [-0.39, 0.29) is 5.69 Å². The van der Waals surface area contributed by atoms with Gasteiger partial charge >= 0.3 is 5.97 Å². The highest BCUT2D eigenvalue weighted by molar-refractivity contribution is 7.09. The first-order valence-corrected chi connectivity index (χ1v) is 4.87. The fourth-order valence-electron chi connectivity index (χ4n) is 0.779. The summed E-state index contributed by atoms with van der Waals surface area (Å²) < 4.78 is 5.22. The summed E-state index contributed by atoms with van der Waals surface area (Å²) in [7, 11) is 0. The highest BCUT2D eigenvalue weighted by Crippen LogP contribution is 2.10. The number of thiazole rings is 1. The van der Waals surface area contributed by atoms with E-state index in [1.807, 2.05) is 6.92 Å². The Morgan fingerprint density at radius 3 is 3.08 bits per heavy atom. The normalized spacial score (nSPS) is 10.2. The van der Waals surface area contributed by atoms with Crippen LogP contribution < -0.4 is 0 Å². The second-order valence-corrected chi connectivity index (χ2v) is 3.43. The van der Waals surface area contributed by atoms with Crippen LogP contribution in [0.1, 0.15) is 28.8 Å². The van der Waals surface area contributed by atoms with Gasteiger partial charge in [-0.3, -0.25) is 0 Å². The van der Waals surface area contributed by atoms with Gasteiger partial charge in [0.05, 0.1) is 6.61 Å². The summed E-state index contributed by atoms with van der Waals surface area (Å²) in [6.07, 6.45) is 0.956. The molecule has 1 heterocycles. The van der Waals surface area contributed by atoms with Gasteiger partial charge in [-0.25, -0.2) is 9.78 Å². The van der Waals surface area contributed by atoms with Crippen molar-refractivity contribution in [2.45, 2.75) is 20.0 Å². The third-order valence-corrected chi connectivity index (χ3v) is 2.17. The predicted molar refractivity (Wildman–Crippen MR) is 49.0 cm³/mol. The van der Waals surface area contributed by atoms with Crippen LogP contribution in [-0.4, -0.2) is 22.7 Å². The molecular weight excluding hydrogens is 190 g/mol. The minimum Gasteiger partial charge on any atom is -0.476 e. The molecule has 0 radical (unpaired) electrons. The Hall–Kier alpha value is -0.940. The van der Waals surface area contributed by atoms with E-state index in [0.717, 1.165) is 6.42 Å². The standard InChI is InChI=1S/C8H11NO3S/c1-2-3-12-4-7-9-6(5-13-7)8(10)11/h5H,2-4H2,1H3,(H,10,11). The summed E-state index contributed by atoms with van der Waals surface area (Å²) >= 11 is 1.31. The number of nitrogens with zero attached hydrogens (tertiary/aromatic N) is 1. The molecule has 0 fully saturated rings. The van der Waals surface area contributed by atoms with Crippen molar-refractivity contribution in [1.82, 2.24) is 4.98 Å². The van der Waals surface area contributed by atoms with Crippen molar-refractivity contribution in [1.29, 1.82) is 0 Å². The Labute approximate surface area is 80.2 Å². The maximum absolute atomic E-state index is 10.4. The van der Waals surface area contributed by atoms with Crippen LogP contribution in [0, 0.1) is 0 Å². The highest BCUT2D eigenvalue weighted by atomic mass is 32.1. The SMILES string of the molecule is CCCOCc1nc(C(=O)O)cs1. The van der Waals surface area contributed by atoms with Crippen LogP contribution >= 0.6 is 11.3 Å². The second-order valence-electron chi connectivity index (χ2n) is 2.48. The summed E-state index contributed by atoms with van der Waals surface area (Å²) in [4.78, 5) is 14.3. The van der Waals surface area contributed by atoms with Crippen molar-refractivity contribution < 1.29 is 14.6 Å². The van der Waals surface area contributed by atoms with E-state index in [0.29, 0.717) is 18.2 Å². The van der Waals surface area contributed by atoms with Crippen molar-refractivity contribution in [3.05, 3.63) is 16.1 Å². The van der Waals surface area contributed by atoms with Crippen LogP contribution in [0.2, 0.25) is 0 Å². The predicted octanol–water partition coefficient (Wildman–Crippen LogP) is 1.77. The molecule has 0 aromatic carbocycles. The lowest BCUT2D eigenvalue weighted by Gasteiger charge is -1.96. The van der Waals surface area contributed by atoms with Gasteiger partial charge in [-0.05, 0) is 6.42 Å². The van der Waals surface area contributed by atoms with E-state index in [2.05, 4.69) is 4.98 Å². The first-order chi connectivity index (χ1) is 6.24. The third kappa shape index (κ3) is 3.12. The number of aromatic nitrogens is 1. The van der Waals surface area contributed by atoms with Crippen molar-refractivity contribution in [3.8, 4) is 0 Å². The first-order valence-electron chi connectivity index (χ1n) is 3.99. The number of carboxylic acids is 1. The quantitative estimate of drug-likeness (QED) is 0.737. The minimum absolute atomic E-state index is 0.0973. The summed E-state index contributed by atoms with van der Waals surface area (Å²) in [5, 5.41) is 10.8.